The fourth-order valence-corrected chi connectivity index (χ4v) is 7.52. The SMILES string of the molecule is [Pt+2].c1ccc(C2(c3ccccc3)[N-]c3ccccc3-c3cccc(n3)C(c3ccccc3)(c3ccccc3)[N-]c3ccccc3-c3cccc2n3)cc1. The van der Waals surface area contributed by atoms with E-state index in [4.69, 9.17) is 20.6 Å². The van der Waals surface area contributed by atoms with E-state index < -0.39 is 11.1 Å². The zero-order valence-corrected chi connectivity index (χ0v) is 31.0. The molecule has 4 bridgehead atoms. The minimum Gasteiger partial charge on any atom is -0.666 e. The Morgan fingerprint density at radius 1 is 0.302 bits per heavy atom. The number of fused-ring (bicyclic) bond motifs is 8. The fourth-order valence-electron chi connectivity index (χ4n) is 7.52. The van der Waals surface area contributed by atoms with Crippen LogP contribution in [0.2, 0.25) is 0 Å². The van der Waals surface area contributed by atoms with Gasteiger partial charge in [0.15, 0.2) is 0 Å². The molecule has 0 unspecified atom stereocenters. The second kappa shape index (κ2) is 14.5. The molecule has 1 aliphatic heterocycles. The molecule has 6 aromatic carbocycles. The first-order chi connectivity index (χ1) is 25.8. The van der Waals surface area contributed by atoms with E-state index >= 15 is 0 Å². The van der Waals surface area contributed by atoms with Crippen LogP contribution in [-0.4, -0.2) is 9.97 Å². The molecule has 0 amide bonds. The van der Waals surface area contributed by atoms with Crippen molar-refractivity contribution < 1.29 is 21.1 Å². The van der Waals surface area contributed by atoms with Crippen molar-refractivity contribution in [3.8, 4) is 22.5 Å². The zero-order chi connectivity index (χ0) is 34.8. The topological polar surface area (TPSA) is 54.0 Å². The van der Waals surface area contributed by atoms with Crippen LogP contribution in [0.3, 0.4) is 0 Å². The Hall–Kier alpha value is -6.09. The van der Waals surface area contributed by atoms with Gasteiger partial charge < -0.3 is 10.6 Å². The summed E-state index contributed by atoms with van der Waals surface area (Å²) in [6.45, 7) is 0. The second-order valence-corrected chi connectivity index (χ2v) is 13.0. The second-order valence-electron chi connectivity index (χ2n) is 13.0. The van der Waals surface area contributed by atoms with Crippen molar-refractivity contribution >= 4 is 11.4 Å². The molecule has 4 nitrogen and oxygen atoms in total. The molecule has 1 aliphatic rings. The number of hydrogen-bond donors (Lipinski definition) is 0. The van der Waals surface area contributed by atoms with Gasteiger partial charge in [-0.05, 0) is 68.7 Å². The van der Waals surface area contributed by atoms with Gasteiger partial charge in [-0.2, -0.15) is 0 Å². The van der Waals surface area contributed by atoms with Crippen LogP contribution in [-0.2, 0) is 32.1 Å². The van der Waals surface area contributed by atoms with Crippen LogP contribution < -0.4 is 0 Å². The fraction of sp³-hybridized carbons (Fsp3) is 0.0417. The molecule has 0 N–H and O–H groups in total. The molecule has 0 spiro atoms. The summed E-state index contributed by atoms with van der Waals surface area (Å²) < 4.78 is 0. The van der Waals surface area contributed by atoms with Crippen molar-refractivity contribution in [1.29, 1.82) is 0 Å². The van der Waals surface area contributed by atoms with E-state index in [0.29, 0.717) is 0 Å². The number of aromatic nitrogens is 2. The molecular formula is C48H34N4Pt. The van der Waals surface area contributed by atoms with Gasteiger partial charge in [-0.3, -0.25) is 9.97 Å². The van der Waals surface area contributed by atoms with Crippen LogP contribution in [0.15, 0.2) is 206 Å². The Labute approximate surface area is 324 Å². The van der Waals surface area contributed by atoms with Crippen molar-refractivity contribution in [2.45, 2.75) is 11.1 Å². The first-order valence-electron chi connectivity index (χ1n) is 17.6. The average Bonchev–Trinajstić information content (AvgIpc) is 3.23. The maximum Gasteiger partial charge on any atom is 2.00 e. The van der Waals surface area contributed by atoms with Gasteiger partial charge in [0.1, 0.15) is 0 Å². The molecule has 0 aliphatic carbocycles. The van der Waals surface area contributed by atoms with Crippen LogP contribution in [0.1, 0.15) is 33.6 Å². The van der Waals surface area contributed by atoms with Crippen molar-refractivity contribution in [1.82, 2.24) is 9.97 Å². The molecule has 0 atom stereocenters. The van der Waals surface area contributed by atoms with Crippen LogP contribution in [0, 0.1) is 0 Å². The van der Waals surface area contributed by atoms with E-state index in [1.807, 2.05) is 36.4 Å². The molecule has 53 heavy (non-hydrogen) atoms. The van der Waals surface area contributed by atoms with E-state index in [1.54, 1.807) is 0 Å². The maximum atomic E-state index is 5.81. The molecule has 0 fully saturated rings. The quantitative estimate of drug-likeness (QED) is 0.177. The van der Waals surface area contributed by atoms with Crippen molar-refractivity contribution in [2.75, 3.05) is 0 Å². The number of rotatable bonds is 4. The predicted molar refractivity (Wildman–Crippen MR) is 211 cm³/mol. The minimum absolute atomic E-state index is 0. The first-order valence-corrected chi connectivity index (χ1v) is 17.6. The zero-order valence-electron chi connectivity index (χ0n) is 28.7. The van der Waals surface area contributed by atoms with E-state index in [9.17, 15) is 0 Å². The van der Waals surface area contributed by atoms with E-state index in [0.717, 1.165) is 67.5 Å². The maximum absolute atomic E-state index is 5.81. The van der Waals surface area contributed by atoms with Crippen LogP contribution >= 0.6 is 0 Å². The number of benzene rings is 6. The van der Waals surface area contributed by atoms with Gasteiger partial charge in [-0.25, -0.2) is 0 Å². The van der Waals surface area contributed by atoms with Crippen molar-refractivity contribution in [2.24, 2.45) is 0 Å². The summed E-state index contributed by atoms with van der Waals surface area (Å²) in [7, 11) is 0. The van der Waals surface area contributed by atoms with Gasteiger partial charge in [0.25, 0.3) is 0 Å². The molecule has 0 radical (unpaired) electrons. The summed E-state index contributed by atoms with van der Waals surface area (Å²) >= 11 is 0. The van der Waals surface area contributed by atoms with Crippen LogP contribution in [0.4, 0.5) is 11.4 Å². The summed E-state index contributed by atoms with van der Waals surface area (Å²) in [6, 6.07) is 71.0. The smallest absolute Gasteiger partial charge is 0.666 e. The molecule has 0 saturated carbocycles. The number of para-hydroxylation sites is 2. The van der Waals surface area contributed by atoms with Crippen LogP contribution in [0.25, 0.3) is 33.1 Å². The Morgan fingerprint density at radius 2 is 0.604 bits per heavy atom. The molecule has 0 saturated heterocycles. The monoisotopic (exact) mass is 861 g/mol. The molecule has 5 heteroatoms. The Balaban J connectivity index is 0.00000400. The van der Waals surface area contributed by atoms with Crippen molar-refractivity contribution in [3.05, 3.63) is 251 Å². The van der Waals surface area contributed by atoms with E-state index in [1.165, 1.54) is 0 Å². The normalized spacial score (nSPS) is 13.7. The molecule has 3 heterocycles. The summed E-state index contributed by atoms with van der Waals surface area (Å²) in [5.74, 6) is 0. The van der Waals surface area contributed by atoms with Gasteiger partial charge in [0.05, 0.1) is 11.4 Å². The minimum atomic E-state index is -0.986. The summed E-state index contributed by atoms with van der Waals surface area (Å²) in [5.41, 5.74) is 8.78. The largest absolute Gasteiger partial charge is 2.00 e. The van der Waals surface area contributed by atoms with E-state index in [2.05, 4.69) is 170 Å². The van der Waals surface area contributed by atoms with Crippen molar-refractivity contribution in [3.63, 3.8) is 0 Å². The van der Waals surface area contributed by atoms with Gasteiger partial charge in [-0.1, -0.05) is 182 Å². The van der Waals surface area contributed by atoms with Crippen LogP contribution in [0.5, 0.6) is 0 Å². The van der Waals surface area contributed by atoms with Gasteiger partial charge in [0.2, 0.25) is 0 Å². The summed E-state index contributed by atoms with van der Waals surface area (Å²) in [6.07, 6.45) is 0. The molecule has 8 aromatic rings. The first kappa shape index (κ1) is 34.0. The number of nitrogens with zero attached hydrogens (tertiary/aromatic N) is 4. The average molecular weight is 862 g/mol. The third-order valence-corrected chi connectivity index (χ3v) is 9.94. The Bertz CT molecular complexity index is 2220. The Morgan fingerprint density at radius 3 is 0.943 bits per heavy atom. The third kappa shape index (κ3) is 5.96. The summed E-state index contributed by atoms with van der Waals surface area (Å²) in [4.78, 5) is 11.1. The number of pyridine rings is 2. The molecule has 9 rings (SSSR count). The number of hydrogen-bond acceptors (Lipinski definition) is 2. The van der Waals surface area contributed by atoms with Gasteiger partial charge >= 0.3 is 21.1 Å². The molecular weight excluding hydrogens is 828 g/mol. The standard InChI is InChI=1S/C48H34N4.Pt/c1-5-19-35(20-6-1)47(36-21-7-2-8-22-36)45-33-17-31-41(49-45)40-28-14-16-30-44(40)52-48(37-23-9-3-10-24-37,38-25-11-4-12-26-38)46-34-18-32-42(50-46)39-27-13-15-29-43(39)51-47;/h1-34H;/q-2;+2. The summed E-state index contributed by atoms with van der Waals surface area (Å²) in [5, 5.41) is 11.6. The third-order valence-electron chi connectivity index (χ3n) is 9.94. The van der Waals surface area contributed by atoms with Gasteiger partial charge in [-0.15, -0.1) is 11.4 Å². The Kier molecular flexibility index (Phi) is 9.31. The molecule has 2 aromatic heterocycles. The molecule has 256 valence electrons. The predicted octanol–water partition coefficient (Wildman–Crippen LogP) is 12.1. The van der Waals surface area contributed by atoms with Gasteiger partial charge in [0, 0.05) is 11.4 Å². The van der Waals surface area contributed by atoms with E-state index in [-0.39, 0.29) is 21.1 Å².